The number of nitrogens with zero attached hydrogens (tertiary/aromatic N) is 2. The van der Waals surface area contributed by atoms with Crippen molar-refractivity contribution in [1.29, 1.82) is 0 Å². The monoisotopic (exact) mass is 605 g/mol. The molecule has 3 atom stereocenters. The summed E-state index contributed by atoms with van der Waals surface area (Å²) in [5, 5.41) is 2.25. The third-order valence-corrected chi connectivity index (χ3v) is 8.17. The van der Waals surface area contributed by atoms with E-state index in [4.69, 9.17) is 0 Å². The molecule has 0 saturated carbocycles. The molecule has 4 rings (SSSR count). The highest BCUT2D eigenvalue weighted by molar-refractivity contribution is 8.14. The first-order valence-corrected chi connectivity index (χ1v) is 13.5. The van der Waals surface area contributed by atoms with Crippen molar-refractivity contribution < 1.29 is 45.1 Å². The number of amides is 3. The Morgan fingerprint density at radius 3 is 2.22 bits per heavy atom. The first kappa shape index (κ1) is 30.7. The van der Waals surface area contributed by atoms with Gasteiger partial charge < -0.3 is 15.1 Å². The molecule has 0 radical (unpaired) electrons. The lowest BCUT2D eigenvalue weighted by molar-refractivity contribution is -0.143. The number of nitrogens with one attached hydrogen (secondary N) is 1. The Hall–Kier alpha value is -3.29. The number of likely N-dealkylation sites (tertiary alicyclic amines) is 1. The molecule has 14 heteroatoms. The summed E-state index contributed by atoms with van der Waals surface area (Å²) in [6.07, 6.45) is -9.92. The molecule has 2 saturated heterocycles. The minimum Gasteiger partial charge on any atom is -0.341 e. The number of aryl methyl sites for hydroxylation is 1. The predicted octanol–water partition coefficient (Wildman–Crippen LogP) is 5.59. The molecule has 222 valence electrons. The fourth-order valence-corrected chi connectivity index (χ4v) is 6.07. The largest absolute Gasteiger partial charge is 0.416 e. The Balaban J connectivity index is 1.61. The molecule has 2 fully saturated rings. The number of benzene rings is 2. The summed E-state index contributed by atoms with van der Waals surface area (Å²) in [5.74, 6) is -2.58. The highest BCUT2D eigenvalue weighted by atomic mass is 32.2. The van der Waals surface area contributed by atoms with Crippen LogP contribution >= 0.6 is 11.8 Å². The lowest BCUT2D eigenvalue weighted by atomic mass is 9.78. The zero-order valence-electron chi connectivity index (χ0n) is 21.9. The first-order chi connectivity index (χ1) is 19.0. The predicted molar refractivity (Wildman–Crippen MR) is 136 cm³/mol. The van der Waals surface area contributed by atoms with Crippen LogP contribution in [0.15, 0.2) is 36.4 Å². The number of alkyl halides is 6. The van der Waals surface area contributed by atoms with Crippen molar-refractivity contribution in [3.63, 3.8) is 0 Å². The molecular formula is C27H26F7N3O3S. The molecule has 0 unspecified atom stereocenters. The van der Waals surface area contributed by atoms with Gasteiger partial charge >= 0.3 is 12.4 Å². The molecule has 41 heavy (non-hydrogen) atoms. The van der Waals surface area contributed by atoms with Crippen molar-refractivity contribution in [1.82, 2.24) is 15.1 Å². The average Bonchev–Trinajstić information content (AvgIpc) is 3.32. The number of carbonyl (C=O) groups excluding carboxylic acids is 3. The van der Waals surface area contributed by atoms with Crippen molar-refractivity contribution in [2.45, 2.75) is 44.2 Å². The Morgan fingerprint density at radius 2 is 1.68 bits per heavy atom. The first-order valence-electron chi connectivity index (χ1n) is 12.6. The second-order valence-corrected chi connectivity index (χ2v) is 11.2. The van der Waals surface area contributed by atoms with Gasteiger partial charge in [-0.05, 0) is 60.4 Å². The van der Waals surface area contributed by atoms with E-state index in [0.717, 1.165) is 16.7 Å². The Kier molecular flexibility index (Phi) is 8.63. The topological polar surface area (TPSA) is 69.7 Å². The smallest absolute Gasteiger partial charge is 0.341 e. The van der Waals surface area contributed by atoms with Gasteiger partial charge in [0, 0.05) is 44.3 Å². The van der Waals surface area contributed by atoms with Gasteiger partial charge in [0.1, 0.15) is 11.9 Å². The Labute approximate surface area is 235 Å². The number of halogens is 7. The Morgan fingerprint density at radius 1 is 1.05 bits per heavy atom. The normalized spacial score (nSPS) is 21.5. The van der Waals surface area contributed by atoms with Gasteiger partial charge in [0.15, 0.2) is 0 Å². The fraction of sp³-hybridized carbons (Fsp3) is 0.444. The van der Waals surface area contributed by atoms with E-state index in [0.29, 0.717) is 23.3 Å². The standard InChI is InChI=1S/C27H26F7N3O3S/c1-14-7-18(28)3-4-19(14)21-12-37(24(39)22-13-41-25(40)35-22)6-5-20(21)23(38)36(2)11-15-8-16(26(29,30)31)10-17(9-15)27(32,33)34/h3-4,7-10,20-22H,5-6,11-13H2,1-2H3,(H,35,40)/t20-,21+,22+/m1/s1. The van der Waals surface area contributed by atoms with Crippen molar-refractivity contribution in [2.24, 2.45) is 5.92 Å². The van der Waals surface area contributed by atoms with E-state index in [-0.39, 0.29) is 48.0 Å². The van der Waals surface area contributed by atoms with Crippen molar-refractivity contribution in [3.05, 3.63) is 70.0 Å². The van der Waals surface area contributed by atoms with E-state index >= 15 is 0 Å². The van der Waals surface area contributed by atoms with Crippen LogP contribution in [-0.2, 0) is 28.5 Å². The number of piperidine rings is 1. The van der Waals surface area contributed by atoms with Crippen LogP contribution in [0.3, 0.4) is 0 Å². The maximum atomic E-state index is 13.9. The van der Waals surface area contributed by atoms with Crippen LogP contribution in [0.2, 0.25) is 0 Å². The Bertz CT molecular complexity index is 1320. The van der Waals surface area contributed by atoms with E-state index in [2.05, 4.69) is 5.32 Å². The summed E-state index contributed by atoms with van der Waals surface area (Å²) in [7, 11) is 1.28. The third-order valence-electron chi connectivity index (χ3n) is 7.29. The highest BCUT2D eigenvalue weighted by Gasteiger charge is 2.42. The highest BCUT2D eigenvalue weighted by Crippen LogP contribution is 2.38. The van der Waals surface area contributed by atoms with Gasteiger partial charge in [-0.3, -0.25) is 14.4 Å². The van der Waals surface area contributed by atoms with E-state index in [9.17, 15) is 45.1 Å². The maximum Gasteiger partial charge on any atom is 0.416 e. The summed E-state index contributed by atoms with van der Waals surface area (Å²) < 4.78 is 93.9. The minimum atomic E-state index is -5.03. The summed E-state index contributed by atoms with van der Waals surface area (Å²) >= 11 is 0.973. The van der Waals surface area contributed by atoms with Crippen molar-refractivity contribution in [2.75, 3.05) is 25.9 Å². The maximum absolute atomic E-state index is 13.9. The lowest BCUT2D eigenvalue weighted by Gasteiger charge is -2.40. The molecule has 2 aliphatic heterocycles. The van der Waals surface area contributed by atoms with Crippen LogP contribution in [0.1, 0.15) is 40.2 Å². The molecule has 3 amide bonds. The molecule has 1 N–H and O–H groups in total. The van der Waals surface area contributed by atoms with Crippen LogP contribution in [0.5, 0.6) is 0 Å². The molecule has 2 aromatic carbocycles. The fourth-order valence-electron chi connectivity index (χ4n) is 5.30. The van der Waals surface area contributed by atoms with Gasteiger partial charge in [0.2, 0.25) is 11.8 Å². The number of thioether (sulfide) groups is 1. The molecule has 0 aromatic heterocycles. The lowest BCUT2D eigenvalue weighted by Crippen LogP contribution is -2.52. The number of hydrogen-bond donors (Lipinski definition) is 1. The van der Waals surface area contributed by atoms with Crippen LogP contribution in [-0.4, -0.2) is 58.8 Å². The summed E-state index contributed by atoms with van der Waals surface area (Å²) in [6.45, 7) is 1.30. The zero-order chi connectivity index (χ0) is 30.3. The van der Waals surface area contributed by atoms with E-state index < -0.39 is 59.6 Å². The number of carbonyl (C=O) groups is 3. The molecule has 0 bridgehead atoms. The van der Waals surface area contributed by atoms with E-state index in [1.165, 1.54) is 30.1 Å². The van der Waals surface area contributed by atoms with Gasteiger partial charge in [-0.15, -0.1) is 0 Å². The summed E-state index contributed by atoms with van der Waals surface area (Å²) in [4.78, 5) is 40.9. The zero-order valence-corrected chi connectivity index (χ0v) is 22.7. The average molecular weight is 606 g/mol. The molecule has 2 aliphatic rings. The number of hydrogen-bond acceptors (Lipinski definition) is 4. The quantitative estimate of drug-likeness (QED) is 0.452. The van der Waals surface area contributed by atoms with E-state index in [1.807, 2.05) is 0 Å². The molecule has 6 nitrogen and oxygen atoms in total. The van der Waals surface area contributed by atoms with Gasteiger partial charge in [0.25, 0.3) is 5.24 Å². The second kappa shape index (κ2) is 11.5. The third kappa shape index (κ3) is 6.96. The van der Waals surface area contributed by atoms with E-state index in [1.54, 1.807) is 6.92 Å². The molecule has 2 aromatic rings. The van der Waals surface area contributed by atoms with Gasteiger partial charge in [0.05, 0.1) is 11.1 Å². The number of rotatable bonds is 5. The van der Waals surface area contributed by atoms with Crippen LogP contribution in [0.4, 0.5) is 35.5 Å². The van der Waals surface area contributed by atoms with Gasteiger partial charge in [-0.25, -0.2) is 4.39 Å². The van der Waals surface area contributed by atoms with Crippen LogP contribution < -0.4 is 5.32 Å². The molecular weight excluding hydrogens is 579 g/mol. The minimum absolute atomic E-state index is 0.0245. The van der Waals surface area contributed by atoms with Crippen molar-refractivity contribution >= 4 is 28.8 Å². The summed E-state index contributed by atoms with van der Waals surface area (Å²) in [6, 6.07) is 4.43. The molecule has 2 heterocycles. The van der Waals surface area contributed by atoms with Gasteiger partial charge in [-0.2, -0.15) is 26.3 Å². The summed E-state index contributed by atoms with van der Waals surface area (Å²) in [5.41, 5.74) is -2.21. The van der Waals surface area contributed by atoms with Crippen LogP contribution in [0.25, 0.3) is 0 Å². The molecule has 0 spiro atoms. The van der Waals surface area contributed by atoms with Gasteiger partial charge in [-0.1, -0.05) is 17.8 Å². The van der Waals surface area contributed by atoms with Crippen LogP contribution in [0, 0.1) is 18.7 Å². The van der Waals surface area contributed by atoms with Crippen molar-refractivity contribution in [3.8, 4) is 0 Å². The second-order valence-electron chi connectivity index (χ2n) is 10.2. The molecule has 0 aliphatic carbocycles. The SMILES string of the molecule is Cc1cc(F)ccc1[C@@H]1CN(C(=O)[C@@H]2CSC(=O)N2)CC[C@H]1C(=O)N(C)Cc1cc(C(F)(F)F)cc(C(F)(F)F)c1.